The molecule has 0 spiro atoms. The Morgan fingerprint density at radius 2 is 2.38 bits per heavy atom. The lowest BCUT2D eigenvalue weighted by Crippen LogP contribution is -2.03. The zero-order chi connectivity index (χ0) is 9.52. The molecule has 0 aliphatic carbocycles. The molecule has 74 valence electrons. The van der Waals surface area contributed by atoms with Crippen LogP contribution >= 0.6 is 0 Å². The molecule has 0 saturated carbocycles. The van der Waals surface area contributed by atoms with Gasteiger partial charge >= 0.3 is 0 Å². The monoisotopic (exact) mass is 184 g/mol. The number of hydrogen-bond acceptors (Lipinski definition) is 4. The van der Waals surface area contributed by atoms with Gasteiger partial charge in [-0.25, -0.2) is 4.98 Å². The van der Waals surface area contributed by atoms with Crippen LogP contribution in [0.4, 0.5) is 0 Å². The largest absolute Gasteiger partial charge is 0.449 e. The van der Waals surface area contributed by atoms with Crippen LogP contribution in [0.15, 0.2) is 10.7 Å². The maximum absolute atomic E-state index is 5.39. The molecule has 13 heavy (non-hydrogen) atoms. The lowest BCUT2D eigenvalue weighted by molar-refractivity contribution is 0.193. The van der Waals surface area contributed by atoms with Crippen molar-refractivity contribution in [3.05, 3.63) is 17.8 Å². The van der Waals surface area contributed by atoms with E-state index in [-0.39, 0.29) is 0 Å². The molecule has 0 atom stereocenters. The molecular formula is C9H16N2O2. The van der Waals surface area contributed by atoms with E-state index >= 15 is 0 Å². The quantitative estimate of drug-likeness (QED) is 0.663. The fourth-order valence-corrected chi connectivity index (χ4v) is 1.09. The number of aryl methyl sites for hydroxylation is 1. The topological polar surface area (TPSA) is 61.3 Å². The molecule has 0 aliphatic heterocycles. The lowest BCUT2D eigenvalue weighted by Gasteiger charge is -1.94. The van der Waals surface area contributed by atoms with E-state index in [1.165, 1.54) is 0 Å². The second-order valence-electron chi connectivity index (χ2n) is 2.87. The van der Waals surface area contributed by atoms with E-state index in [0.29, 0.717) is 6.54 Å². The molecule has 1 aromatic heterocycles. The van der Waals surface area contributed by atoms with Crippen LogP contribution < -0.4 is 5.73 Å². The predicted octanol–water partition coefficient (Wildman–Crippen LogP) is 0.755. The number of hydrogen-bond donors (Lipinski definition) is 1. The van der Waals surface area contributed by atoms with Gasteiger partial charge in [-0.05, 0) is 13.0 Å². The first-order valence-electron chi connectivity index (χ1n) is 4.49. The number of nitrogens with two attached hydrogens (primary N) is 1. The molecule has 0 unspecified atom stereocenters. The van der Waals surface area contributed by atoms with Gasteiger partial charge in [-0.2, -0.15) is 0 Å². The normalized spacial score (nSPS) is 10.6. The van der Waals surface area contributed by atoms with Crippen LogP contribution in [0.3, 0.4) is 0 Å². The van der Waals surface area contributed by atoms with Crippen molar-refractivity contribution in [2.45, 2.75) is 19.3 Å². The van der Waals surface area contributed by atoms with Crippen molar-refractivity contribution >= 4 is 0 Å². The molecule has 0 amide bonds. The Bertz CT molecular complexity index is 235. The first kappa shape index (κ1) is 10.2. The standard InChI is InChI=1S/C9H16N2O2/c1-12-6-2-3-9-11-8(4-5-10)7-13-9/h7H,2-6,10H2,1H3. The van der Waals surface area contributed by atoms with Gasteiger partial charge in [0.25, 0.3) is 0 Å². The summed E-state index contributed by atoms with van der Waals surface area (Å²) in [5.74, 6) is 0.778. The fraction of sp³-hybridized carbons (Fsp3) is 0.667. The summed E-state index contributed by atoms with van der Waals surface area (Å²) in [5, 5.41) is 0. The molecule has 1 rings (SSSR count). The maximum atomic E-state index is 5.39. The van der Waals surface area contributed by atoms with Crippen molar-refractivity contribution in [3.8, 4) is 0 Å². The number of aromatic nitrogens is 1. The number of methoxy groups -OCH3 is 1. The van der Waals surface area contributed by atoms with Gasteiger partial charge in [0.2, 0.25) is 0 Å². The summed E-state index contributed by atoms with van der Waals surface area (Å²) in [6.45, 7) is 1.36. The molecule has 1 heterocycles. The molecule has 4 heteroatoms. The zero-order valence-corrected chi connectivity index (χ0v) is 7.95. The van der Waals surface area contributed by atoms with Crippen LogP contribution in [-0.2, 0) is 17.6 Å². The predicted molar refractivity (Wildman–Crippen MR) is 49.5 cm³/mol. The lowest BCUT2D eigenvalue weighted by atomic mass is 10.3. The van der Waals surface area contributed by atoms with E-state index in [1.54, 1.807) is 13.4 Å². The first-order valence-corrected chi connectivity index (χ1v) is 4.49. The minimum atomic E-state index is 0.615. The highest BCUT2D eigenvalue weighted by Gasteiger charge is 2.02. The highest BCUT2D eigenvalue weighted by atomic mass is 16.5. The Kier molecular flexibility index (Phi) is 4.49. The third kappa shape index (κ3) is 3.57. The van der Waals surface area contributed by atoms with E-state index in [2.05, 4.69) is 4.98 Å². The average molecular weight is 184 g/mol. The van der Waals surface area contributed by atoms with Crippen molar-refractivity contribution in [3.63, 3.8) is 0 Å². The van der Waals surface area contributed by atoms with Crippen LogP contribution in [-0.4, -0.2) is 25.2 Å². The minimum absolute atomic E-state index is 0.615. The van der Waals surface area contributed by atoms with E-state index in [1.807, 2.05) is 0 Å². The number of nitrogens with zero attached hydrogens (tertiary/aromatic N) is 1. The first-order chi connectivity index (χ1) is 6.36. The van der Waals surface area contributed by atoms with Crippen LogP contribution in [0, 0.1) is 0 Å². The van der Waals surface area contributed by atoms with Crippen molar-refractivity contribution in [2.75, 3.05) is 20.3 Å². The molecule has 0 aliphatic rings. The molecule has 4 nitrogen and oxygen atoms in total. The summed E-state index contributed by atoms with van der Waals surface area (Å²) >= 11 is 0. The summed E-state index contributed by atoms with van der Waals surface area (Å²) in [7, 11) is 1.69. The van der Waals surface area contributed by atoms with Crippen LogP contribution in [0.25, 0.3) is 0 Å². The Morgan fingerprint density at radius 1 is 1.54 bits per heavy atom. The van der Waals surface area contributed by atoms with Gasteiger partial charge in [-0.15, -0.1) is 0 Å². The second kappa shape index (κ2) is 5.72. The third-order valence-corrected chi connectivity index (χ3v) is 1.74. The highest BCUT2D eigenvalue weighted by Crippen LogP contribution is 2.04. The molecule has 1 aromatic rings. The molecule has 0 aromatic carbocycles. The highest BCUT2D eigenvalue weighted by molar-refractivity contribution is 4.97. The summed E-state index contributed by atoms with van der Waals surface area (Å²) in [6.07, 6.45) is 4.24. The Morgan fingerprint density at radius 3 is 3.08 bits per heavy atom. The SMILES string of the molecule is COCCCc1nc(CCN)co1. The molecule has 0 bridgehead atoms. The van der Waals surface area contributed by atoms with E-state index in [0.717, 1.165) is 37.5 Å². The van der Waals surface area contributed by atoms with Gasteiger partial charge in [0.05, 0.1) is 5.69 Å². The zero-order valence-electron chi connectivity index (χ0n) is 7.95. The fourth-order valence-electron chi connectivity index (χ4n) is 1.09. The molecule has 0 radical (unpaired) electrons. The van der Waals surface area contributed by atoms with E-state index in [4.69, 9.17) is 14.9 Å². The van der Waals surface area contributed by atoms with Gasteiger partial charge in [0, 0.05) is 26.6 Å². The summed E-state index contributed by atoms with van der Waals surface area (Å²) in [6, 6.07) is 0. The van der Waals surface area contributed by atoms with Crippen LogP contribution in [0.1, 0.15) is 18.0 Å². The molecule has 2 N–H and O–H groups in total. The van der Waals surface area contributed by atoms with Crippen LogP contribution in [0.2, 0.25) is 0 Å². The van der Waals surface area contributed by atoms with Crippen molar-refractivity contribution in [2.24, 2.45) is 5.73 Å². The van der Waals surface area contributed by atoms with Gasteiger partial charge in [0.1, 0.15) is 6.26 Å². The molecular weight excluding hydrogens is 168 g/mol. The van der Waals surface area contributed by atoms with E-state index in [9.17, 15) is 0 Å². The maximum Gasteiger partial charge on any atom is 0.194 e. The molecule has 0 saturated heterocycles. The van der Waals surface area contributed by atoms with Crippen molar-refractivity contribution in [1.29, 1.82) is 0 Å². The van der Waals surface area contributed by atoms with E-state index < -0.39 is 0 Å². The van der Waals surface area contributed by atoms with Crippen LogP contribution in [0.5, 0.6) is 0 Å². The number of oxazole rings is 1. The van der Waals surface area contributed by atoms with Crippen molar-refractivity contribution < 1.29 is 9.15 Å². The van der Waals surface area contributed by atoms with Gasteiger partial charge in [0.15, 0.2) is 5.89 Å². The summed E-state index contributed by atoms with van der Waals surface area (Å²) < 4.78 is 10.2. The smallest absolute Gasteiger partial charge is 0.194 e. The van der Waals surface area contributed by atoms with Gasteiger partial charge < -0.3 is 14.9 Å². The summed E-state index contributed by atoms with van der Waals surface area (Å²) in [4.78, 5) is 4.27. The Labute approximate surface area is 78.1 Å². The third-order valence-electron chi connectivity index (χ3n) is 1.74. The second-order valence-corrected chi connectivity index (χ2v) is 2.87. The summed E-state index contributed by atoms with van der Waals surface area (Å²) in [5.41, 5.74) is 6.33. The number of rotatable bonds is 6. The minimum Gasteiger partial charge on any atom is -0.449 e. The Hall–Kier alpha value is -0.870. The Balaban J connectivity index is 2.31. The van der Waals surface area contributed by atoms with Gasteiger partial charge in [-0.3, -0.25) is 0 Å². The van der Waals surface area contributed by atoms with Crippen molar-refractivity contribution in [1.82, 2.24) is 4.98 Å². The average Bonchev–Trinajstić information content (AvgIpc) is 2.54. The number of ether oxygens (including phenoxy) is 1. The molecule has 0 fully saturated rings. The van der Waals surface area contributed by atoms with Gasteiger partial charge in [-0.1, -0.05) is 0 Å².